The molecule has 226 valence electrons. The number of rotatable bonds is 5. The number of terminal acetylenes is 1. The Balaban J connectivity index is 1.28. The average molecular weight is 599 g/mol. The first-order chi connectivity index (χ1) is 21.3. The summed E-state index contributed by atoms with van der Waals surface area (Å²) >= 11 is 0. The lowest BCUT2D eigenvalue weighted by atomic mass is 9.95. The van der Waals surface area contributed by atoms with Gasteiger partial charge in [0.2, 0.25) is 0 Å². The van der Waals surface area contributed by atoms with E-state index in [0.29, 0.717) is 52.6 Å². The van der Waals surface area contributed by atoms with Crippen molar-refractivity contribution in [3.63, 3.8) is 0 Å². The predicted molar refractivity (Wildman–Crippen MR) is 164 cm³/mol. The Morgan fingerprint density at radius 2 is 2.02 bits per heavy atom. The number of hydrogen-bond acceptors (Lipinski definition) is 7. The van der Waals surface area contributed by atoms with Crippen molar-refractivity contribution in [1.82, 2.24) is 19.9 Å². The van der Waals surface area contributed by atoms with Crippen LogP contribution in [-0.4, -0.2) is 63.8 Å². The molecule has 10 heteroatoms. The van der Waals surface area contributed by atoms with Gasteiger partial charge in [0.05, 0.1) is 16.5 Å². The van der Waals surface area contributed by atoms with E-state index in [1.807, 2.05) is 0 Å². The SMILES string of the molecule is C#Cc1c(F)ccc2cc(N)cc(-c3ncc4c(N5CCCCC6CC65)nc(OC[C@@]56CCCN5C[C@H](F)C6)nc4c3F)c12. The van der Waals surface area contributed by atoms with Crippen LogP contribution in [0.1, 0.15) is 50.5 Å². The highest BCUT2D eigenvalue weighted by atomic mass is 19.1. The second-order valence-corrected chi connectivity index (χ2v) is 12.9. The molecule has 0 radical (unpaired) electrons. The quantitative estimate of drug-likeness (QED) is 0.222. The van der Waals surface area contributed by atoms with Gasteiger partial charge in [0, 0.05) is 48.4 Å². The molecule has 0 bridgehead atoms. The van der Waals surface area contributed by atoms with Crippen LogP contribution in [0.5, 0.6) is 6.01 Å². The molecular formula is C34H33F3N6O. The van der Waals surface area contributed by atoms with E-state index in [1.165, 1.54) is 12.5 Å². The van der Waals surface area contributed by atoms with Crippen LogP contribution in [0.3, 0.4) is 0 Å². The number of nitrogen functional groups attached to an aromatic ring is 1. The summed E-state index contributed by atoms with van der Waals surface area (Å²) in [6.07, 6.45) is 13.0. The van der Waals surface area contributed by atoms with Gasteiger partial charge in [0.1, 0.15) is 35.6 Å². The molecule has 2 unspecified atom stereocenters. The van der Waals surface area contributed by atoms with Gasteiger partial charge >= 0.3 is 6.01 Å². The minimum absolute atomic E-state index is 0.0126. The van der Waals surface area contributed by atoms with Crippen LogP contribution in [0.2, 0.25) is 0 Å². The van der Waals surface area contributed by atoms with E-state index < -0.39 is 23.3 Å². The average Bonchev–Trinajstić information content (AvgIpc) is 3.62. The molecule has 4 fully saturated rings. The van der Waals surface area contributed by atoms with Crippen molar-refractivity contribution in [2.24, 2.45) is 5.92 Å². The maximum Gasteiger partial charge on any atom is 0.319 e. The third kappa shape index (κ3) is 4.35. The fourth-order valence-corrected chi connectivity index (χ4v) is 7.97. The molecule has 4 aromatic rings. The number of ether oxygens (including phenoxy) is 1. The lowest BCUT2D eigenvalue weighted by Crippen LogP contribution is -2.43. The maximum atomic E-state index is 16.8. The fraction of sp³-hybridized carbons (Fsp3) is 0.441. The van der Waals surface area contributed by atoms with E-state index in [4.69, 9.17) is 21.9 Å². The Morgan fingerprint density at radius 1 is 1.14 bits per heavy atom. The van der Waals surface area contributed by atoms with Crippen LogP contribution in [-0.2, 0) is 0 Å². The summed E-state index contributed by atoms with van der Waals surface area (Å²) in [4.78, 5) is 18.4. The van der Waals surface area contributed by atoms with Gasteiger partial charge in [-0.25, -0.2) is 13.2 Å². The summed E-state index contributed by atoms with van der Waals surface area (Å²) in [5, 5.41) is 1.41. The van der Waals surface area contributed by atoms with Gasteiger partial charge in [-0.2, -0.15) is 9.97 Å². The Labute approximate surface area is 253 Å². The number of alkyl halides is 1. The van der Waals surface area contributed by atoms with E-state index in [2.05, 4.69) is 25.7 Å². The highest BCUT2D eigenvalue weighted by molar-refractivity contribution is 6.03. The van der Waals surface area contributed by atoms with Crippen LogP contribution >= 0.6 is 0 Å². The zero-order chi connectivity index (χ0) is 30.2. The Morgan fingerprint density at radius 3 is 2.89 bits per heavy atom. The minimum atomic E-state index is -0.896. The molecular weight excluding hydrogens is 565 g/mol. The van der Waals surface area contributed by atoms with Crippen molar-refractivity contribution < 1.29 is 17.9 Å². The Bertz CT molecular complexity index is 1860. The monoisotopic (exact) mass is 598 g/mol. The molecule has 1 saturated carbocycles. The third-order valence-electron chi connectivity index (χ3n) is 10.1. The smallest absolute Gasteiger partial charge is 0.319 e. The second kappa shape index (κ2) is 10.2. The number of benzene rings is 2. The van der Waals surface area contributed by atoms with Gasteiger partial charge < -0.3 is 15.4 Å². The van der Waals surface area contributed by atoms with Gasteiger partial charge in [0.25, 0.3) is 0 Å². The molecule has 2 N–H and O–H groups in total. The lowest BCUT2D eigenvalue weighted by molar-refractivity contribution is 0.107. The molecule has 1 aliphatic carbocycles. The molecule has 2 aromatic heterocycles. The van der Waals surface area contributed by atoms with Crippen LogP contribution in [0.25, 0.3) is 32.9 Å². The zero-order valence-electron chi connectivity index (χ0n) is 24.3. The molecule has 5 heterocycles. The molecule has 0 spiro atoms. The normalized spacial score (nSPS) is 26.4. The van der Waals surface area contributed by atoms with Crippen LogP contribution in [0.15, 0.2) is 30.5 Å². The summed E-state index contributed by atoms with van der Waals surface area (Å²) in [6, 6.07) is 6.47. The van der Waals surface area contributed by atoms with Gasteiger partial charge in [-0.15, -0.1) is 6.42 Å². The molecule has 3 aliphatic heterocycles. The number of aromatic nitrogens is 3. The number of nitrogens with two attached hydrogens (primary N) is 1. The highest BCUT2D eigenvalue weighted by Crippen LogP contribution is 2.46. The first-order valence-corrected chi connectivity index (χ1v) is 15.5. The number of nitrogens with zero attached hydrogens (tertiary/aromatic N) is 5. The van der Waals surface area contributed by atoms with Gasteiger partial charge in [-0.05, 0) is 68.2 Å². The van der Waals surface area contributed by atoms with E-state index in [1.54, 1.807) is 24.4 Å². The van der Waals surface area contributed by atoms with Crippen molar-refractivity contribution in [2.45, 2.75) is 62.7 Å². The zero-order valence-corrected chi connectivity index (χ0v) is 24.3. The highest BCUT2D eigenvalue weighted by Gasteiger charge is 2.49. The van der Waals surface area contributed by atoms with E-state index in [-0.39, 0.29) is 35.0 Å². The summed E-state index contributed by atoms with van der Waals surface area (Å²) < 4.78 is 52.4. The van der Waals surface area contributed by atoms with E-state index in [0.717, 1.165) is 45.2 Å². The first kappa shape index (κ1) is 27.4. The van der Waals surface area contributed by atoms with Crippen molar-refractivity contribution in [2.75, 3.05) is 36.9 Å². The molecule has 44 heavy (non-hydrogen) atoms. The third-order valence-corrected chi connectivity index (χ3v) is 10.1. The largest absolute Gasteiger partial charge is 0.461 e. The van der Waals surface area contributed by atoms with Crippen molar-refractivity contribution >= 4 is 33.2 Å². The number of halogens is 3. The topological polar surface area (TPSA) is 80.4 Å². The number of pyridine rings is 1. The molecule has 0 amide bonds. The summed E-state index contributed by atoms with van der Waals surface area (Å²) in [7, 11) is 0. The molecule has 4 atom stereocenters. The predicted octanol–water partition coefficient (Wildman–Crippen LogP) is 6.02. The maximum absolute atomic E-state index is 16.8. The van der Waals surface area contributed by atoms with Crippen molar-refractivity contribution in [1.29, 1.82) is 0 Å². The van der Waals surface area contributed by atoms with Crippen molar-refractivity contribution in [3.8, 4) is 29.6 Å². The molecule has 8 rings (SSSR count). The minimum Gasteiger partial charge on any atom is -0.461 e. The Hall–Kier alpha value is -4.10. The number of hydrogen-bond donors (Lipinski definition) is 1. The first-order valence-electron chi connectivity index (χ1n) is 15.5. The van der Waals surface area contributed by atoms with Gasteiger partial charge in [0.15, 0.2) is 5.82 Å². The number of fused-ring (bicyclic) bond motifs is 4. The molecule has 7 nitrogen and oxygen atoms in total. The fourth-order valence-electron chi connectivity index (χ4n) is 7.97. The molecule has 4 aliphatic rings. The van der Waals surface area contributed by atoms with Crippen LogP contribution in [0, 0.1) is 29.9 Å². The molecule has 3 saturated heterocycles. The van der Waals surface area contributed by atoms with Crippen molar-refractivity contribution in [3.05, 3.63) is 47.7 Å². The Kier molecular flexibility index (Phi) is 6.38. The summed E-state index contributed by atoms with van der Waals surface area (Å²) in [5.41, 5.74) is 6.48. The second-order valence-electron chi connectivity index (χ2n) is 12.9. The van der Waals surface area contributed by atoms with Crippen LogP contribution < -0.4 is 15.4 Å². The van der Waals surface area contributed by atoms with Gasteiger partial charge in [-0.1, -0.05) is 18.4 Å². The molecule has 2 aromatic carbocycles. The number of anilines is 2. The summed E-state index contributed by atoms with van der Waals surface area (Å²) in [5.74, 6) is 2.32. The van der Waals surface area contributed by atoms with Gasteiger partial charge in [-0.3, -0.25) is 9.88 Å². The van der Waals surface area contributed by atoms with E-state index in [9.17, 15) is 8.78 Å². The van der Waals surface area contributed by atoms with E-state index >= 15 is 4.39 Å². The summed E-state index contributed by atoms with van der Waals surface area (Å²) in [6.45, 7) is 2.27. The standard InChI is InChI=1S/C34H33F3N6O/c1-2-23-26(36)8-7-20-12-22(38)14-24(28(20)23)30-29(37)31-25(16-39-30)32(43-11-4-3-6-19-13-27(19)43)41-33(40-31)44-18-34-9-5-10-42(34)17-21(35)15-34/h1,7-8,12,14,16,19,21,27H,3-6,9-11,13,15,17-18,38H2/t19?,21-,27?,34+/m1/s1. The van der Waals surface area contributed by atoms with Crippen LogP contribution in [0.4, 0.5) is 24.7 Å². The lowest BCUT2D eigenvalue weighted by Gasteiger charge is -2.31.